The molecular weight excluding hydrogens is 491 g/mol. The maximum Gasteiger partial charge on any atom is 0.343 e. The van der Waals surface area contributed by atoms with Gasteiger partial charge in [-0.2, -0.15) is 0 Å². The van der Waals surface area contributed by atoms with Gasteiger partial charge in [-0.15, -0.1) is 0 Å². The number of pyridine rings is 2. The van der Waals surface area contributed by atoms with E-state index >= 15 is 0 Å². The standard InChI is InChI=1S/C28H27FN4O5/c1-3-28(37)17-6-21-24-15(10-33(21)26(35)16(17)11-38-27(28)36)23-19(32-25(34)13-8-30-9-13)5-4-14-12(2)18(29)7-20(31-24)22(14)23/h6-7,13,19,30,37H,3-5,8-11H2,1-2H3,(H,32,34)/t19-,28-/m0/s1. The Hall–Kier alpha value is -3.63. The Bertz CT molecular complexity index is 1660. The molecule has 2 atom stereocenters. The van der Waals surface area contributed by atoms with Crippen molar-refractivity contribution >= 4 is 22.8 Å². The molecule has 38 heavy (non-hydrogen) atoms. The topological polar surface area (TPSA) is 123 Å². The van der Waals surface area contributed by atoms with Crippen molar-refractivity contribution < 1.29 is 23.8 Å². The lowest BCUT2D eigenvalue weighted by Crippen LogP contribution is -2.51. The molecule has 1 amide bonds. The Balaban J connectivity index is 1.48. The summed E-state index contributed by atoms with van der Waals surface area (Å²) in [7, 11) is 0. The van der Waals surface area contributed by atoms with Gasteiger partial charge < -0.3 is 25.0 Å². The van der Waals surface area contributed by atoms with E-state index in [4.69, 9.17) is 9.72 Å². The van der Waals surface area contributed by atoms with Gasteiger partial charge in [0.25, 0.3) is 5.56 Å². The highest BCUT2D eigenvalue weighted by atomic mass is 19.1. The highest BCUT2D eigenvalue weighted by molar-refractivity contribution is 5.94. The monoisotopic (exact) mass is 518 g/mol. The third-order valence-electron chi connectivity index (χ3n) is 8.85. The van der Waals surface area contributed by atoms with Crippen LogP contribution < -0.4 is 16.2 Å². The summed E-state index contributed by atoms with van der Waals surface area (Å²) in [5.41, 5.74) is 2.74. The normalized spacial score (nSPS) is 23.4. The summed E-state index contributed by atoms with van der Waals surface area (Å²) in [5.74, 6) is -1.25. The zero-order chi connectivity index (χ0) is 26.5. The van der Waals surface area contributed by atoms with Crippen molar-refractivity contribution in [3.8, 4) is 11.4 Å². The van der Waals surface area contributed by atoms with E-state index < -0.39 is 11.6 Å². The van der Waals surface area contributed by atoms with Gasteiger partial charge in [0, 0.05) is 35.7 Å². The zero-order valence-corrected chi connectivity index (χ0v) is 21.1. The third-order valence-corrected chi connectivity index (χ3v) is 8.85. The van der Waals surface area contributed by atoms with Gasteiger partial charge in [-0.3, -0.25) is 9.59 Å². The van der Waals surface area contributed by atoms with E-state index in [9.17, 15) is 23.9 Å². The molecule has 3 aromatic rings. The number of aryl methyl sites for hydroxylation is 1. The van der Waals surface area contributed by atoms with Crippen LogP contribution >= 0.6 is 0 Å². The molecule has 0 saturated carbocycles. The first kappa shape index (κ1) is 23.5. The summed E-state index contributed by atoms with van der Waals surface area (Å²) >= 11 is 0. The Morgan fingerprint density at radius 2 is 2.08 bits per heavy atom. The molecule has 0 radical (unpaired) electrons. The average molecular weight is 519 g/mol. The summed E-state index contributed by atoms with van der Waals surface area (Å²) in [6.45, 7) is 4.70. The minimum atomic E-state index is -1.93. The molecular formula is C28H27FN4O5. The van der Waals surface area contributed by atoms with Crippen LogP contribution in [0.3, 0.4) is 0 Å². The molecule has 3 aliphatic heterocycles. The van der Waals surface area contributed by atoms with E-state index in [0.29, 0.717) is 48.4 Å². The lowest BCUT2D eigenvalue weighted by molar-refractivity contribution is -0.172. The number of nitrogens with one attached hydrogen (secondary N) is 2. The number of aliphatic hydroxyl groups is 1. The van der Waals surface area contributed by atoms with E-state index in [1.165, 1.54) is 6.07 Å². The zero-order valence-electron chi connectivity index (χ0n) is 21.1. The summed E-state index contributed by atoms with van der Waals surface area (Å²) in [5, 5.41) is 18.3. The molecule has 3 N–H and O–H groups in total. The van der Waals surface area contributed by atoms with Gasteiger partial charge >= 0.3 is 5.97 Å². The van der Waals surface area contributed by atoms with Crippen LogP contribution in [0.4, 0.5) is 4.39 Å². The average Bonchev–Trinajstić information content (AvgIpc) is 3.23. The maximum atomic E-state index is 15.0. The second kappa shape index (κ2) is 7.94. The predicted molar refractivity (Wildman–Crippen MR) is 135 cm³/mol. The number of fused-ring (bicyclic) bond motifs is 5. The van der Waals surface area contributed by atoms with Crippen LogP contribution in [0.15, 0.2) is 16.9 Å². The summed E-state index contributed by atoms with van der Waals surface area (Å²) < 4.78 is 21.7. The first-order valence-corrected chi connectivity index (χ1v) is 13.1. The molecule has 5 heterocycles. The second-order valence-corrected chi connectivity index (χ2v) is 10.8. The van der Waals surface area contributed by atoms with Crippen molar-refractivity contribution in [1.29, 1.82) is 0 Å². The maximum absolute atomic E-state index is 15.0. The number of ether oxygens (including phenoxy) is 1. The Labute approximate surface area is 217 Å². The number of benzene rings is 1. The smallest absolute Gasteiger partial charge is 0.343 e. The van der Waals surface area contributed by atoms with Crippen LogP contribution in [-0.2, 0) is 39.5 Å². The molecule has 2 aromatic heterocycles. The van der Waals surface area contributed by atoms with Crippen molar-refractivity contribution in [2.24, 2.45) is 5.92 Å². The van der Waals surface area contributed by atoms with Gasteiger partial charge in [0.15, 0.2) is 5.60 Å². The third kappa shape index (κ3) is 2.98. The lowest BCUT2D eigenvalue weighted by atomic mass is 9.81. The number of esters is 1. The first-order chi connectivity index (χ1) is 18.2. The van der Waals surface area contributed by atoms with Gasteiger partial charge in [-0.1, -0.05) is 6.92 Å². The van der Waals surface area contributed by atoms with E-state index in [1.54, 1.807) is 24.5 Å². The van der Waals surface area contributed by atoms with Gasteiger partial charge in [-0.05, 0) is 48.9 Å². The van der Waals surface area contributed by atoms with Crippen molar-refractivity contribution in [1.82, 2.24) is 20.2 Å². The van der Waals surface area contributed by atoms with E-state index in [-0.39, 0.29) is 59.9 Å². The number of cyclic esters (lactones) is 1. The molecule has 7 rings (SSSR count). The van der Waals surface area contributed by atoms with Crippen LogP contribution in [0.25, 0.3) is 22.3 Å². The Morgan fingerprint density at radius 3 is 2.79 bits per heavy atom. The summed E-state index contributed by atoms with van der Waals surface area (Å²) in [6.07, 6.45) is 1.25. The summed E-state index contributed by atoms with van der Waals surface area (Å²) in [6, 6.07) is 2.76. The molecule has 4 aliphatic rings. The van der Waals surface area contributed by atoms with Crippen LogP contribution in [0.1, 0.15) is 59.2 Å². The first-order valence-electron chi connectivity index (χ1n) is 13.1. The fourth-order valence-corrected chi connectivity index (χ4v) is 6.46. The molecule has 1 fully saturated rings. The number of rotatable bonds is 3. The quantitative estimate of drug-likeness (QED) is 0.354. The molecule has 0 spiro atoms. The number of aromatic nitrogens is 2. The van der Waals surface area contributed by atoms with Crippen LogP contribution in [0, 0.1) is 18.7 Å². The predicted octanol–water partition coefficient (Wildman–Crippen LogP) is 1.85. The molecule has 1 aliphatic carbocycles. The largest absolute Gasteiger partial charge is 0.458 e. The van der Waals surface area contributed by atoms with E-state index in [2.05, 4.69) is 10.6 Å². The minimum Gasteiger partial charge on any atom is -0.458 e. The second-order valence-electron chi connectivity index (χ2n) is 10.8. The number of halogens is 1. The molecule has 10 heteroatoms. The molecule has 0 bridgehead atoms. The van der Waals surface area contributed by atoms with Gasteiger partial charge in [0.05, 0.1) is 41.0 Å². The Kier molecular flexibility index (Phi) is 4.91. The number of hydrogen-bond acceptors (Lipinski definition) is 7. The molecule has 1 saturated heterocycles. The highest BCUT2D eigenvalue weighted by Crippen LogP contribution is 2.46. The lowest BCUT2D eigenvalue weighted by Gasteiger charge is -2.33. The minimum absolute atomic E-state index is 0.0263. The SMILES string of the molecule is CC[C@@]1(O)C(=O)OCc2c1cc1n(c2=O)Cc2c-1nc1cc(F)c(C)c3c1c2[C@@H](NC(=O)C1CNC1)CC3. The highest BCUT2D eigenvalue weighted by Gasteiger charge is 2.46. The van der Waals surface area contributed by atoms with Gasteiger partial charge in [-0.25, -0.2) is 14.2 Å². The fraction of sp³-hybridized carbons (Fsp3) is 0.429. The van der Waals surface area contributed by atoms with Crippen LogP contribution in [-0.4, -0.2) is 39.6 Å². The number of carbonyl (C=O) groups is 2. The number of nitrogens with zero attached hydrogens (tertiary/aromatic N) is 2. The van der Waals surface area contributed by atoms with Crippen molar-refractivity contribution in [3.63, 3.8) is 0 Å². The van der Waals surface area contributed by atoms with Crippen LogP contribution in [0.2, 0.25) is 0 Å². The van der Waals surface area contributed by atoms with Crippen LogP contribution in [0.5, 0.6) is 0 Å². The number of carbonyl (C=O) groups excluding carboxylic acids is 2. The number of amides is 1. The van der Waals surface area contributed by atoms with Gasteiger partial charge in [0.2, 0.25) is 5.91 Å². The summed E-state index contributed by atoms with van der Waals surface area (Å²) in [4.78, 5) is 44.0. The van der Waals surface area contributed by atoms with Crippen molar-refractivity contribution in [2.45, 2.75) is 57.9 Å². The molecule has 9 nitrogen and oxygen atoms in total. The Morgan fingerprint density at radius 1 is 1.29 bits per heavy atom. The van der Waals surface area contributed by atoms with E-state index in [0.717, 1.165) is 22.1 Å². The van der Waals surface area contributed by atoms with Gasteiger partial charge in [0.1, 0.15) is 12.4 Å². The molecule has 196 valence electrons. The number of hydrogen-bond donors (Lipinski definition) is 3. The van der Waals surface area contributed by atoms with E-state index in [1.807, 2.05) is 0 Å². The molecule has 0 unspecified atom stereocenters. The van der Waals surface area contributed by atoms with Crippen molar-refractivity contribution in [3.05, 3.63) is 61.7 Å². The van der Waals surface area contributed by atoms with Crippen molar-refractivity contribution in [2.75, 3.05) is 13.1 Å². The fourth-order valence-electron chi connectivity index (χ4n) is 6.46. The molecule has 1 aromatic carbocycles.